The van der Waals surface area contributed by atoms with Crippen LogP contribution >= 0.6 is 11.3 Å². The molecule has 63 heavy (non-hydrogen) atoms. The minimum atomic E-state index is -0.871. The predicted molar refractivity (Wildman–Crippen MR) is 268 cm³/mol. The highest BCUT2D eigenvalue weighted by Gasteiger charge is 2.46. The highest BCUT2D eigenvalue weighted by atomic mass is 32.1. The van der Waals surface area contributed by atoms with E-state index in [0.29, 0.717) is 16.8 Å². The van der Waals surface area contributed by atoms with E-state index in [-0.39, 0.29) is 46.7 Å². The molecule has 1 aliphatic carbocycles. The standard InChI is InChI=1S/C61H41NS/c1-4-14-42(15-5-1)43-24-26-44(27-25-43)45-28-33-50(34-29-45)62(51-35-30-46(31-36-51)47-32-39-60-56(40-47)55-21-11-13-23-59(55)63-60)52-37-38-54-53-20-10-12-22-57(53)61(58(54)41-52,48-16-6-2-7-17-48)49-18-8-3-9-19-49/h1-41H/i28D,29D,30D,31D,33D,34D,35D,36D. The van der Waals surface area contributed by atoms with Crippen LogP contribution < -0.4 is 4.90 Å². The lowest BCUT2D eigenvalue weighted by molar-refractivity contribution is 0.768. The molecule has 0 saturated carbocycles. The maximum Gasteiger partial charge on any atom is 0.0714 e. The topological polar surface area (TPSA) is 3.24 Å². The van der Waals surface area contributed by atoms with Crippen molar-refractivity contribution in [2.45, 2.75) is 5.41 Å². The number of hydrogen-bond acceptors (Lipinski definition) is 2. The van der Waals surface area contributed by atoms with Gasteiger partial charge in [0.05, 0.1) is 16.4 Å². The van der Waals surface area contributed by atoms with Gasteiger partial charge in [-0.25, -0.2) is 0 Å². The lowest BCUT2D eigenvalue weighted by Gasteiger charge is -2.35. The third-order valence-electron chi connectivity index (χ3n) is 12.3. The highest BCUT2D eigenvalue weighted by Crippen LogP contribution is 2.57. The summed E-state index contributed by atoms with van der Waals surface area (Å²) in [4.78, 5) is 1.42. The van der Waals surface area contributed by atoms with Crippen LogP contribution in [0, 0.1) is 0 Å². The Morgan fingerprint density at radius 2 is 0.825 bits per heavy atom. The van der Waals surface area contributed by atoms with E-state index in [1.807, 2.05) is 146 Å². The van der Waals surface area contributed by atoms with Gasteiger partial charge in [0.15, 0.2) is 0 Å². The summed E-state index contributed by atoms with van der Waals surface area (Å²) in [5, 5.41) is 1.98. The summed E-state index contributed by atoms with van der Waals surface area (Å²) in [6.07, 6.45) is 0. The first-order valence-electron chi connectivity index (χ1n) is 25.0. The van der Waals surface area contributed by atoms with Gasteiger partial charge in [-0.15, -0.1) is 11.3 Å². The molecule has 0 spiro atoms. The summed E-state index contributed by atoms with van der Waals surface area (Å²) in [6.45, 7) is 0. The zero-order valence-electron chi connectivity index (χ0n) is 41.9. The van der Waals surface area contributed by atoms with Crippen LogP contribution in [0.5, 0.6) is 0 Å². The van der Waals surface area contributed by atoms with Crippen LogP contribution in [-0.2, 0) is 5.41 Å². The van der Waals surface area contributed by atoms with Crippen molar-refractivity contribution < 1.29 is 11.0 Å². The van der Waals surface area contributed by atoms with Crippen LogP contribution in [0.25, 0.3) is 64.7 Å². The number of rotatable bonds is 8. The molecule has 0 radical (unpaired) electrons. The van der Waals surface area contributed by atoms with E-state index < -0.39 is 29.6 Å². The summed E-state index contributed by atoms with van der Waals surface area (Å²) in [5.41, 5.74) is 8.10. The van der Waals surface area contributed by atoms with Crippen molar-refractivity contribution in [2.24, 2.45) is 0 Å². The van der Waals surface area contributed by atoms with Gasteiger partial charge >= 0.3 is 0 Å². The second-order valence-corrected chi connectivity index (χ2v) is 16.9. The van der Waals surface area contributed by atoms with Crippen LogP contribution in [0.2, 0.25) is 0 Å². The molecule has 0 unspecified atom stereocenters. The van der Waals surface area contributed by atoms with E-state index in [1.54, 1.807) is 23.5 Å². The zero-order valence-corrected chi connectivity index (χ0v) is 34.7. The molecule has 0 amide bonds. The molecule has 1 aromatic heterocycles. The number of thiophene rings is 1. The van der Waals surface area contributed by atoms with E-state index in [4.69, 9.17) is 0 Å². The monoisotopic (exact) mass is 827 g/mol. The fourth-order valence-electron chi connectivity index (χ4n) is 9.41. The summed E-state index contributed by atoms with van der Waals surface area (Å²) in [7, 11) is 0. The normalized spacial score (nSPS) is 14.3. The molecule has 0 atom stereocenters. The Labute approximate surface area is 383 Å². The number of nitrogens with zero attached hydrogens (tertiary/aromatic N) is 1. The van der Waals surface area contributed by atoms with E-state index >= 15 is 0 Å². The van der Waals surface area contributed by atoms with E-state index in [2.05, 4.69) is 42.5 Å². The Balaban J connectivity index is 1.12. The molecule has 0 aliphatic heterocycles. The van der Waals surface area contributed by atoms with Crippen molar-refractivity contribution in [2.75, 3.05) is 4.90 Å². The zero-order chi connectivity index (χ0) is 48.7. The second-order valence-electron chi connectivity index (χ2n) is 15.8. The minimum absolute atomic E-state index is 0.103. The molecule has 12 rings (SSSR count). The van der Waals surface area contributed by atoms with Crippen LogP contribution in [-0.4, -0.2) is 0 Å². The molecule has 11 aromatic rings. The Kier molecular flexibility index (Phi) is 7.15. The maximum atomic E-state index is 9.89. The Bertz CT molecular complexity index is 3810. The van der Waals surface area contributed by atoms with Crippen LogP contribution in [0.4, 0.5) is 17.1 Å². The van der Waals surface area contributed by atoms with Crippen molar-refractivity contribution in [3.8, 4) is 44.5 Å². The Hall–Kier alpha value is -7.78. The number of anilines is 3. The van der Waals surface area contributed by atoms with Gasteiger partial charge in [0.25, 0.3) is 0 Å². The molecule has 0 saturated heterocycles. The summed E-state index contributed by atoms with van der Waals surface area (Å²) >= 11 is 1.65. The fraction of sp³-hybridized carbons (Fsp3) is 0.0164. The lowest BCUT2D eigenvalue weighted by atomic mass is 9.67. The molecule has 0 N–H and O–H groups in total. The minimum Gasteiger partial charge on any atom is -0.310 e. The summed E-state index contributed by atoms with van der Waals surface area (Å²) in [5.74, 6) is 0. The van der Waals surface area contributed by atoms with Crippen LogP contribution in [0.15, 0.2) is 249 Å². The smallest absolute Gasteiger partial charge is 0.0714 e. The van der Waals surface area contributed by atoms with Gasteiger partial charge in [0.1, 0.15) is 0 Å². The average Bonchev–Trinajstić information content (AvgIpc) is 3.94. The van der Waals surface area contributed by atoms with Crippen LogP contribution in [0.1, 0.15) is 33.2 Å². The predicted octanol–water partition coefficient (Wildman–Crippen LogP) is 16.9. The third-order valence-corrected chi connectivity index (χ3v) is 13.5. The highest BCUT2D eigenvalue weighted by molar-refractivity contribution is 7.25. The first kappa shape index (κ1) is 29.5. The van der Waals surface area contributed by atoms with E-state index in [1.165, 1.54) is 4.90 Å². The molecular weight excluding hydrogens is 779 g/mol. The van der Waals surface area contributed by atoms with Crippen molar-refractivity contribution in [1.82, 2.24) is 0 Å². The SMILES string of the molecule is [2H]c1c([2H])c(N(c2ccc3c(c2)C(c2ccccc2)(c2ccccc2)c2ccccc2-3)c2c([2H])c([2H])c(-c3ccc4sc5ccccc5c4c3)c([2H])c2[2H])c([2H])c([2H])c1-c1ccc(-c2ccccc2)cc1. The second kappa shape index (κ2) is 15.3. The van der Waals surface area contributed by atoms with Crippen LogP contribution in [0.3, 0.4) is 0 Å². The van der Waals surface area contributed by atoms with Crippen molar-refractivity contribution in [3.63, 3.8) is 0 Å². The molecule has 1 nitrogen and oxygen atoms in total. The molecular formula is C61H41NS. The van der Waals surface area contributed by atoms with Crippen molar-refractivity contribution in [1.29, 1.82) is 0 Å². The van der Waals surface area contributed by atoms with E-state index in [9.17, 15) is 11.0 Å². The van der Waals surface area contributed by atoms with Gasteiger partial charge in [0.2, 0.25) is 0 Å². The molecule has 10 aromatic carbocycles. The van der Waals surface area contributed by atoms with E-state index in [0.717, 1.165) is 64.7 Å². The number of benzene rings is 10. The van der Waals surface area contributed by atoms with Gasteiger partial charge in [-0.3, -0.25) is 0 Å². The number of fused-ring (bicyclic) bond motifs is 6. The molecule has 1 heterocycles. The lowest BCUT2D eigenvalue weighted by Crippen LogP contribution is -2.28. The molecule has 1 aliphatic rings. The summed E-state index contributed by atoms with van der Waals surface area (Å²) in [6, 6.07) is 62.7. The summed E-state index contributed by atoms with van der Waals surface area (Å²) < 4.78 is 80.2. The quantitative estimate of drug-likeness (QED) is 0.147. The largest absolute Gasteiger partial charge is 0.310 e. The van der Waals surface area contributed by atoms with Gasteiger partial charge < -0.3 is 4.90 Å². The van der Waals surface area contributed by atoms with Gasteiger partial charge in [-0.2, -0.15) is 0 Å². The first-order chi connectivity index (χ1) is 34.6. The molecule has 0 fully saturated rings. The van der Waals surface area contributed by atoms with Gasteiger partial charge in [0, 0.05) is 37.2 Å². The number of hydrogen-bond donors (Lipinski definition) is 0. The maximum absolute atomic E-state index is 9.89. The molecule has 296 valence electrons. The molecule has 0 bridgehead atoms. The first-order valence-corrected chi connectivity index (χ1v) is 21.8. The van der Waals surface area contributed by atoms with Gasteiger partial charge in [-0.05, 0) is 121 Å². The van der Waals surface area contributed by atoms with Gasteiger partial charge in [-0.1, -0.05) is 194 Å². The third kappa shape index (κ3) is 6.22. The van der Waals surface area contributed by atoms with Crippen molar-refractivity contribution in [3.05, 3.63) is 271 Å². The average molecular weight is 828 g/mol. The Morgan fingerprint density at radius 3 is 1.49 bits per heavy atom. The Morgan fingerprint density at radius 1 is 0.333 bits per heavy atom. The van der Waals surface area contributed by atoms with Crippen molar-refractivity contribution >= 4 is 48.6 Å². The fourth-order valence-corrected chi connectivity index (χ4v) is 10.5. The molecule has 2 heteroatoms.